The Balaban J connectivity index is 2.37. The Bertz CT molecular complexity index is 215. The van der Waals surface area contributed by atoms with Crippen molar-refractivity contribution >= 4 is 0 Å². The number of hydrogen-bond acceptors (Lipinski definition) is 2. The first-order chi connectivity index (χ1) is 9.02. The van der Waals surface area contributed by atoms with Gasteiger partial charge in [0.05, 0.1) is 0 Å². The molecule has 1 fully saturated rings. The lowest BCUT2D eigenvalue weighted by Gasteiger charge is -2.29. The number of nitrogens with one attached hydrogen (secondary N) is 1. The molecule has 2 atom stereocenters. The van der Waals surface area contributed by atoms with Gasteiger partial charge in [0.15, 0.2) is 0 Å². The molecule has 2 nitrogen and oxygen atoms in total. The van der Waals surface area contributed by atoms with Gasteiger partial charge in [0, 0.05) is 19.1 Å². The molecule has 0 aromatic heterocycles. The fourth-order valence-electron chi connectivity index (χ4n) is 3.55. The molecule has 0 saturated heterocycles. The summed E-state index contributed by atoms with van der Waals surface area (Å²) in [6, 6.07) is 0.796. The van der Waals surface area contributed by atoms with E-state index in [0.717, 1.165) is 30.3 Å². The first kappa shape index (κ1) is 17.0. The van der Waals surface area contributed by atoms with Crippen LogP contribution in [0.25, 0.3) is 0 Å². The Hall–Kier alpha value is -0.0800. The minimum Gasteiger partial charge on any atom is -0.314 e. The highest BCUT2D eigenvalue weighted by molar-refractivity contribution is 4.83. The lowest BCUT2D eigenvalue weighted by atomic mass is 9.98. The smallest absolute Gasteiger partial charge is 0.00956 e. The topological polar surface area (TPSA) is 15.3 Å². The zero-order chi connectivity index (χ0) is 14.3. The van der Waals surface area contributed by atoms with E-state index in [-0.39, 0.29) is 0 Å². The van der Waals surface area contributed by atoms with Gasteiger partial charge in [-0.1, -0.05) is 41.0 Å². The molecule has 19 heavy (non-hydrogen) atoms. The molecule has 2 unspecified atom stereocenters. The summed E-state index contributed by atoms with van der Waals surface area (Å²) in [4.78, 5) is 2.69. The fraction of sp³-hybridized carbons (Fsp3) is 1.00. The highest BCUT2D eigenvalue weighted by Crippen LogP contribution is 2.28. The van der Waals surface area contributed by atoms with Crippen LogP contribution in [-0.4, -0.2) is 37.1 Å². The number of rotatable bonds is 9. The number of hydrogen-bond donors (Lipinski definition) is 1. The van der Waals surface area contributed by atoms with E-state index in [4.69, 9.17) is 0 Å². The van der Waals surface area contributed by atoms with Crippen molar-refractivity contribution in [3.8, 4) is 0 Å². The summed E-state index contributed by atoms with van der Waals surface area (Å²) in [5.74, 6) is 2.49. The lowest BCUT2D eigenvalue weighted by Crippen LogP contribution is -2.37. The third-order valence-electron chi connectivity index (χ3n) is 4.19. The van der Waals surface area contributed by atoms with Crippen molar-refractivity contribution < 1.29 is 0 Å². The van der Waals surface area contributed by atoms with Crippen molar-refractivity contribution in [1.29, 1.82) is 0 Å². The quantitative estimate of drug-likeness (QED) is 0.685. The maximum atomic E-state index is 3.68. The Labute approximate surface area is 121 Å². The molecular weight excluding hydrogens is 232 g/mol. The minimum absolute atomic E-state index is 0.784. The third kappa shape index (κ3) is 6.76. The molecule has 0 heterocycles. The molecule has 0 aromatic rings. The molecule has 1 rings (SSSR count). The third-order valence-corrected chi connectivity index (χ3v) is 4.19. The van der Waals surface area contributed by atoms with Crippen LogP contribution in [0.3, 0.4) is 0 Å². The van der Waals surface area contributed by atoms with Crippen LogP contribution in [0, 0.1) is 17.8 Å². The van der Waals surface area contributed by atoms with Gasteiger partial charge < -0.3 is 10.2 Å². The van der Waals surface area contributed by atoms with Crippen molar-refractivity contribution in [3.05, 3.63) is 0 Å². The SMILES string of the molecule is CCNC1CCCC1CCN(CC(C)C)CC(C)C. The van der Waals surface area contributed by atoms with Gasteiger partial charge >= 0.3 is 0 Å². The first-order valence-corrected chi connectivity index (χ1v) is 8.48. The van der Waals surface area contributed by atoms with Gasteiger partial charge in [-0.25, -0.2) is 0 Å². The molecule has 0 aromatic carbocycles. The lowest BCUT2D eigenvalue weighted by molar-refractivity contribution is 0.199. The predicted molar refractivity (Wildman–Crippen MR) is 85.5 cm³/mol. The van der Waals surface area contributed by atoms with Crippen molar-refractivity contribution in [3.63, 3.8) is 0 Å². The van der Waals surface area contributed by atoms with E-state index in [1.807, 2.05) is 0 Å². The van der Waals surface area contributed by atoms with Crippen LogP contribution in [-0.2, 0) is 0 Å². The van der Waals surface area contributed by atoms with Gasteiger partial charge in [0.2, 0.25) is 0 Å². The zero-order valence-electron chi connectivity index (χ0n) is 13.9. The molecule has 0 spiro atoms. The van der Waals surface area contributed by atoms with E-state index in [9.17, 15) is 0 Å². The van der Waals surface area contributed by atoms with Crippen molar-refractivity contribution in [1.82, 2.24) is 10.2 Å². The molecular formula is C17H36N2. The fourth-order valence-corrected chi connectivity index (χ4v) is 3.55. The van der Waals surface area contributed by atoms with Crippen LogP contribution in [0.4, 0.5) is 0 Å². The van der Waals surface area contributed by atoms with Crippen LogP contribution in [0.2, 0.25) is 0 Å². The van der Waals surface area contributed by atoms with Gasteiger partial charge in [-0.3, -0.25) is 0 Å². The van der Waals surface area contributed by atoms with Crippen LogP contribution >= 0.6 is 0 Å². The van der Waals surface area contributed by atoms with E-state index >= 15 is 0 Å². The molecule has 1 aliphatic carbocycles. The van der Waals surface area contributed by atoms with Gasteiger partial charge in [-0.15, -0.1) is 0 Å². The Morgan fingerprint density at radius 1 is 1.05 bits per heavy atom. The van der Waals surface area contributed by atoms with Gasteiger partial charge in [0.1, 0.15) is 0 Å². The maximum absolute atomic E-state index is 3.68. The maximum Gasteiger partial charge on any atom is 0.00956 e. The molecule has 0 bridgehead atoms. The zero-order valence-corrected chi connectivity index (χ0v) is 13.9. The molecule has 0 radical (unpaired) electrons. The van der Waals surface area contributed by atoms with Crippen LogP contribution in [0.1, 0.15) is 60.3 Å². The summed E-state index contributed by atoms with van der Waals surface area (Å²) in [5, 5.41) is 3.68. The van der Waals surface area contributed by atoms with Crippen molar-refractivity contribution in [2.24, 2.45) is 17.8 Å². The molecule has 1 aliphatic rings. The Morgan fingerprint density at radius 3 is 2.21 bits per heavy atom. The van der Waals surface area contributed by atoms with Crippen LogP contribution in [0.5, 0.6) is 0 Å². The Morgan fingerprint density at radius 2 is 1.68 bits per heavy atom. The summed E-state index contributed by atoms with van der Waals surface area (Å²) in [5.41, 5.74) is 0. The van der Waals surface area contributed by atoms with Gasteiger partial charge in [-0.2, -0.15) is 0 Å². The largest absolute Gasteiger partial charge is 0.314 e. The van der Waals surface area contributed by atoms with E-state index < -0.39 is 0 Å². The normalized spacial score (nSPS) is 24.0. The molecule has 114 valence electrons. The van der Waals surface area contributed by atoms with Crippen LogP contribution in [0.15, 0.2) is 0 Å². The average molecular weight is 268 g/mol. The minimum atomic E-state index is 0.784. The highest BCUT2D eigenvalue weighted by Gasteiger charge is 2.26. The monoisotopic (exact) mass is 268 g/mol. The average Bonchev–Trinajstić information content (AvgIpc) is 2.72. The standard InChI is InChI=1S/C17H36N2/c1-6-18-17-9-7-8-16(17)10-11-19(12-14(2)3)13-15(4)5/h14-18H,6-13H2,1-5H3. The molecule has 0 amide bonds. The molecule has 1 N–H and O–H groups in total. The molecule has 0 aliphatic heterocycles. The van der Waals surface area contributed by atoms with E-state index in [1.54, 1.807) is 0 Å². The second-order valence-electron chi connectivity index (χ2n) is 7.19. The second-order valence-corrected chi connectivity index (χ2v) is 7.19. The predicted octanol–water partition coefficient (Wildman–Crippen LogP) is 3.77. The van der Waals surface area contributed by atoms with Crippen molar-refractivity contribution in [2.75, 3.05) is 26.2 Å². The molecule has 1 saturated carbocycles. The van der Waals surface area contributed by atoms with E-state index in [2.05, 4.69) is 44.8 Å². The van der Waals surface area contributed by atoms with Crippen LogP contribution < -0.4 is 5.32 Å². The summed E-state index contributed by atoms with van der Waals surface area (Å²) in [6.07, 6.45) is 5.65. The Kier molecular flexibility index (Phi) is 8.01. The van der Waals surface area contributed by atoms with Crippen molar-refractivity contribution in [2.45, 2.75) is 66.3 Å². The number of nitrogens with zero attached hydrogens (tertiary/aromatic N) is 1. The summed E-state index contributed by atoms with van der Waals surface area (Å²) in [7, 11) is 0. The summed E-state index contributed by atoms with van der Waals surface area (Å²) < 4.78 is 0. The van der Waals surface area contributed by atoms with E-state index in [1.165, 1.54) is 45.3 Å². The van der Waals surface area contributed by atoms with Gasteiger partial charge in [0.25, 0.3) is 0 Å². The highest BCUT2D eigenvalue weighted by atomic mass is 15.1. The second kappa shape index (κ2) is 8.97. The summed E-state index contributed by atoms with van der Waals surface area (Å²) in [6.45, 7) is 16.5. The summed E-state index contributed by atoms with van der Waals surface area (Å²) >= 11 is 0. The first-order valence-electron chi connectivity index (χ1n) is 8.48. The van der Waals surface area contributed by atoms with E-state index in [0.29, 0.717) is 0 Å². The van der Waals surface area contributed by atoms with Gasteiger partial charge in [-0.05, 0) is 50.1 Å². The molecule has 2 heteroatoms.